The highest BCUT2D eigenvalue weighted by Gasteiger charge is 2.02. The maximum Gasteiger partial charge on any atom is 0.129 e. The van der Waals surface area contributed by atoms with Crippen LogP contribution in [0.25, 0.3) is 0 Å². The van der Waals surface area contributed by atoms with Crippen molar-refractivity contribution in [2.24, 2.45) is 0 Å². The Morgan fingerprint density at radius 2 is 2.18 bits per heavy atom. The molecule has 1 aromatic carbocycles. The Kier molecular flexibility index (Phi) is 3.74. The molecule has 0 bridgehead atoms. The Morgan fingerprint density at radius 1 is 1.35 bits per heavy atom. The summed E-state index contributed by atoms with van der Waals surface area (Å²) in [6, 6.07) is 8.61. The number of nitrogens with one attached hydrogen (secondary N) is 1. The molecule has 0 saturated carbocycles. The Morgan fingerprint density at radius 3 is 2.88 bits per heavy atom. The number of anilines is 1. The number of halogens is 2. The van der Waals surface area contributed by atoms with Crippen molar-refractivity contribution in [1.82, 2.24) is 4.98 Å². The first-order chi connectivity index (χ1) is 8.16. The molecule has 2 nitrogen and oxygen atoms in total. The van der Waals surface area contributed by atoms with Crippen LogP contribution in [0.1, 0.15) is 11.1 Å². The lowest BCUT2D eigenvalue weighted by atomic mass is 10.1. The van der Waals surface area contributed by atoms with Crippen LogP contribution in [0.3, 0.4) is 0 Å². The van der Waals surface area contributed by atoms with E-state index in [4.69, 9.17) is 0 Å². The van der Waals surface area contributed by atoms with Crippen molar-refractivity contribution >= 4 is 21.6 Å². The normalized spacial score (nSPS) is 10.3. The molecular weight excluding hydrogens is 283 g/mol. The molecule has 0 aliphatic carbocycles. The lowest BCUT2D eigenvalue weighted by Gasteiger charge is -2.09. The fourth-order valence-electron chi connectivity index (χ4n) is 1.57. The summed E-state index contributed by atoms with van der Waals surface area (Å²) < 4.78 is 13.7. The Hall–Kier alpha value is -1.42. The number of aromatic nitrogens is 1. The van der Waals surface area contributed by atoms with E-state index in [0.717, 1.165) is 21.4 Å². The zero-order chi connectivity index (χ0) is 12.3. The van der Waals surface area contributed by atoms with Crippen molar-refractivity contribution in [3.63, 3.8) is 0 Å². The molecule has 0 fully saturated rings. The van der Waals surface area contributed by atoms with Crippen molar-refractivity contribution in [3.05, 3.63) is 58.1 Å². The van der Waals surface area contributed by atoms with E-state index in [-0.39, 0.29) is 5.82 Å². The molecular formula is C13H12BrFN2. The minimum atomic E-state index is -0.200. The van der Waals surface area contributed by atoms with Crippen LogP contribution in [-0.2, 0) is 6.54 Å². The van der Waals surface area contributed by atoms with Crippen molar-refractivity contribution in [3.8, 4) is 0 Å². The first-order valence-corrected chi connectivity index (χ1v) is 6.05. The van der Waals surface area contributed by atoms with Gasteiger partial charge in [-0.3, -0.25) is 0 Å². The molecule has 0 spiro atoms. The molecule has 0 saturated heterocycles. The SMILES string of the molecule is Cc1cc(F)ccc1CNc1cccnc1Br. The molecule has 1 heterocycles. The lowest BCUT2D eigenvalue weighted by molar-refractivity contribution is 0.625. The van der Waals surface area contributed by atoms with E-state index in [1.54, 1.807) is 12.3 Å². The lowest BCUT2D eigenvalue weighted by Crippen LogP contribution is -2.02. The first kappa shape index (κ1) is 12.0. The summed E-state index contributed by atoms with van der Waals surface area (Å²) in [5, 5.41) is 3.26. The highest BCUT2D eigenvalue weighted by Crippen LogP contribution is 2.20. The molecule has 4 heteroatoms. The van der Waals surface area contributed by atoms with Crippen LogP contribution in [0.5, 0.6) is 0 Å². The molecule has 2 rings (SSSR count). The minimum Gasteiger partial charge on any atom is -0.379 e. The monoisotopic (exact) mass is 294 g/mol. The molecule has 0 aliphatic rings. The smallest absolute Gasteiger partial charge is 0.129 e. The van der Waals surface area contributed by atoms with Gasteiger partial charge in [-0.15, -0.1) is 0 Å². The number of pyridine rings is 1. The Bertz CT molecular complexity index is 529. The summed E-state index contributed by atoms with van der Waals surface area (Å²) in [5.41, 5.74) is 2.94. The van der Waals surface area contributed by atoms with Gasteiger partial charge in [-0.2, -0.15) is 0 Å². The maximum absolute atomic E-state index is 12.9. The van der Waals surface area contributed by atoms with Crippen LogP contribution < -0.4 is 5.32 Å². The Balaban J connectivity index is 2.10. The predicted octanol–water partition coefficient (Wildman–Crippen LogP) is 3.90. The molecule has 1 N–H and O–H groups in total. The summed E-state index contributed by atoms with van der Waals surface area (Å²) in [5.74, 6) is -0.200. The summed E-state index contributed by atoms with van der Waals surface area (Å²) in [4.78, 5) is 4.12. The highest BCUT2D eigenvalue weighted by molar-refractivity contribution is 9.10. The predicted molar refractivity (Wildman–Crippen MR) is 70.4 cm³/mol. The summed E-state index contributed by atoms with van der Waals surface area (Å²) >= 11 is 3.37. The molecule has 0 unspecified atom stereocenters. The van der Waals surface area contributed by atoms with Crippen LogP contribution in [-0.4, -0.2) is 4.98 Å². The van der Waals surface area contributed by atoms with Crippen molar-refractivity contribution < 1.29 is 4.39 Å². The molecule has 0 amide bonds. The fourth-order valence-corrected chi connectivity index (χ4v) is 1.96. The zero-order valence-electron chi connectivity index (χ0n) is 9.37. The quantitative estimate of drug-likeness (QED) is 0.869. The highest BCUT2D eigenvalue weighted by atomic mass is 79.9. The van der Waals surface area contributed by atoms with E-state index in [2.05, 4.69) is 26.2 Å². The first-order valence-electron chi connectivity index (χ1n) is 5.26. The van der Waals surface area contributed by atoms with E-state index < -0.39 is 0 Å². The number of nitrogens with zero attached hydrogens (tertiary/aromatic N) is 1. The fraction of sp³-hybridized carbons (Fsp3) is 0.154. The molecule has 17 heavy (non-hydrogen) atoms. The number of hydrogen-bond acceptors (Lipinski definition) is 2. The second-order valence-electron chi connectivity index (χ2n) is 3.77. The second kappa shape index (κ2) is 5.27. The van der Waals surface area contributed by atoms with Gasteiger partial charge in [0.25, 0.3) is 0 Å². The van der Waals surface area contributed by atoms with Crippen molar-refractivity contribution in [2.45, 2.75) is 13.5 Å². The molecule has 1 aromatic heterocycles. The van der Waals surface area contributed by atoms with Crippen LogP contribution >= 0.6 is 15.9 Å². The molecule has 0 radical (unpaired) electrons. The molecule has 0 atom stereocenters. The number of hydrogen-bond donors (Lipinski definition) is 1. The van der Waals surface area contributed by atoms with Gasteiger partial charge in [-0.05, 0) is 58.2 Å². The van der Waals surface area contributed by atoms with E-state index >= 15 is 0 Å². The third kappa shape index (κ3) is 3.03. The van der Waals surface area contributed by atoms with Gasteiger partial charge < -0.3 is 5.32 Å². The number of rotatable bonds is 3. The third-order valence-corrected chi connectivity index (χ3v) is 3.16. The van der Waals surface area contributed by atoms with Gasteiger partial charge in [0, 0.05) is 12.7 Å². The van der Waals surface area contributed by atoms with E-state index in [9.17, 15) is 4.39 Å². The van der Waals surface area contributed by atoms with Crippen LogP contribution in [0.4, 0.5) is 10.1 Å². The van der Waals surface area contributed by atoms with E-state index in [0.29, 0.717) is 6.54 Å². The molecule has 88 valence electrons. The van der Waals surface area contributed by atoms with Crippen LogP contribution in [0.2, 0.25) is 0 Å². The van der Waals surface area contributed by atoms with Crippen LogP contribution in [0, 0.1) is 12.7 Å². The standard InChI is InChI=1S/C13H12BrFN2/c1-9-7-11(15)5-4-10(9)8-17-12-3-2-6-16-13(12)14/h2-7,17H,8H2,1H3. The maximum atomic E-state index is 12.9. The van der Waals surface area contributed by atoms with Gasteiger partial charge in [0.05, 0.1) is 5.69 Å². The van der Waals surface area contributed by atoms with Crippen molar-refractivity contribution in [2.75, 3.05) is 5.32 Å². The summed E-state index contributed by atoms with van der Waals surface area (Å²) in [6.07, 6.45) is 1.72. The van der Waals surface area contributed by atoms with Gasteiger partial charge in [-0.25, -0.2) is 9.37 Å². The zero-order valence-corrected chi connectivity index (χ0v) is 11.0. The average molecular weight is 295 g/mol. The van der Waals surface area contributed by atoms with Crippen LogP contribution in [0.15, 0.2) is 41.1 Å². The largest absolute Gasteiger partial charge is 0.379 e. The molecule has 2 aromatic rings. The second-order valence-corrected chi connectivity index (χ2v) is 4.52. The number of aryl methyl sites for hydroxylation is 1. The Labute approximate surface area is 108 Å². The number of benzene rings is 1. The van der Waals surface area contributed by atoms with Gasteiger partial charge in [0.1, 0.15) is 10.4 Å². The average Bonchev–Trinajstić information content (AvgIpc) is 2.30. The summed E-state index contributed by atoms with van der Waals surface area (Å²) in [6.45, 7) is 2.55. The topological polar surface area (TPSA) is 24.9 Å². The van der Waals surface area contributed by atoms with Gasteiger partial charge in [0.2, 0.25) is 0 Å². The van der Waals surface area contributed by atoms with Crippen molar-refractivity contribution in [1.29, 1.82) is 0 Å². The van der Waals surface area contributed by atoms with E-state index in [1.807, 2.05) is 19.1 Å². The third-order valence-electron chi connectivity index (χ3n) is 2.53. The van der Waals surface area contributed by atoms with E-state index in [1.165, 1.54) is 12.1 Å². The molecule has 0 aliphatic heterocycles. The summed E-state index contributed by atoms with van der Waals surface area (Å²) in [7, 11) is 0. The van der Waals surface area contributed by atoms with Gasteiger partial charge in [0.15, 0.2) is 0 Å². The van der Waals surface area contributed by atoms with Gasteiger partial charge in [-0.1, -0.05) is 6.07 Å². The van der Waals surface area contributed by atoms with Gasteiger partial charge >= 0.3 is 0 Å². The minimum absolute atomic E-state index is 0.200.